The molecule has 0 saturated heterocycles. The molecule has 0 radical (unpaired) electrons. The first-order chi connectivity index (χ1) is 3.00. The molecule has 0 spiro atoms. The van der Waals surface area contributed by atoms with E-state index in [4.69, 9.17) is 15.3 Å². The molecular formula is C3H9O3Rh. The average Bonchev–Trinajstić information content (AvgIpc) is 1.81. The van der Waals surface area contributed by atoms with Crippen molar-refractivity contribution in [3.05, 3.63) is 0 Å². The SMILES string of the molecule is C[O-].C[O-].C[O-].[Rh+3]. The monoisotopic (exact) mass is 196 g/mol. The summed E-state index contributed by atoms with van der Waals surface area (Å²) in [5.74, 6) is 0. The van der Waals surface area contributed by atoms with Gasteiger partial charge >= 0.3 is 19.5 Å². The summed E-state index contributed by atoms with van der Waals surface area (Å²) in [5, 5.41) is 24.8. The van der Waals surface area contributed by atoms with Crippen molar-refractivity contribution in [2.24, 2.45) is 0 Å². The Bertz CT molecular complexity index is 10.1. The van der Waals surface area contributed by atoms with Gasteiger partial charge in [0.25, 0.3) is 0 Å². The van der Waals surface area contributed by atoms with Gasteiger partial charge in [-0.25, -0.2) is 0 Å². The molecule has 0 fully saturated rings. The fraction of sp³-hybridized carbons (Fsp3) is 1.00. The van der Waals surface area contributed by atoms with E-state index < -0.39 is 0 Å². The normalized spacial score (nSPS) is 2.57. The Morgan fingerprint density at radius 3 is 0.571 bits per heavy atom. The van der Waals surface area contributed by atoms with E-state index in [0.717, 1.165) is 21.3 Å². The van der Waals surface area contributed by atoms with Crippen LogP contribution < -0.4 is 15.3 Å². The molecule has 0 N–H and O–H groups in total. The van der Waals surface area contributed by atoms with E-state index in [1.807, 2.05) is 0 Å². The van der Waals surface area contributed by atoms with Crippen molar-refractivity contribution in [2.75, 3.05) is 21.3 Å². The van der Waals surface area contributed by atoms with E-state index >= 15 is 0 Å². The Balaban J connectivity index is -0.00000000900. The second-order valence-corrected chi connectivity index (χ2v) is 0. The summed E-state index contributed by atoms with van der Waals surface area (Å²) in [5.41, 5.74) is 0. The molecule has 0 aliphatic carbocycles. The van der Waals surface area contributed by atoms with Crippen LogP contribution in [-0.2, 0) is 19.5 Å². The minimum atomic E-state index is 0. The van der Waals surface area contributed by atoms with Crippen molar-refractivity contribution in [1.82, 2.24) is 0 Å². The van der Waals surface area contributed by atoms with Crippen molar-refractivity contribution in [2.45, 2.75) is 0 Å². The fourth-order valence-electron chi connectivity index (χ4n) is 0. The third-order valence-corrected chi connectivity index (χ3v) is 0. The van der Waals surface area contributed by atoms with E-state index in [1.165, 1.54) is 0 Å². The van der Waals surface area contributed by atoms with E-state index in [2.05, 4.69) is 0 Å². The van der Waals surface area contributed by atoms with Crippen molar-refractivity contribution in [3.63, 3.8) is 0 Å². The van der Waals surface area contributed by atoms with Gasteiger partial charge in [0.2, 0.25) is 0 Å². The standard InChI is InChI=1S/3CH3O.Rh/c3*1-2;/h3*1H3;/q3*-1;+3. The Labute approximate surface area is 56.7 Å². The second-order valence-electron chi connectivity index (χ2n) is 0. The van der Waals surface area contributed by atoms with Gasteiger partial charge in [0.1, 0.15) is 0 Å². The molecule has 0 aliphatic rings. The summed E-state index contributed by atoms with van der Waals surface area (Å²) < 4.78 is 0. The summed E-state index contributed by atoms with van der Waals surface area (Å²) in [6, 6.07) is 0. The number of hydrogen-bond donors (Lipinski definition) is 0. The van der Waals surface area contributed by atoms with E-state index in [9.17, 15) is 0 Å². The first-order valence-electron chi connectivity index (χ1n) is 1.22. The van der Waals surface area contributed by atoms with Crippen LogP contribution in [0.4, 0.5) is 0 Å². The molecule has 0 bridgehead atoms. The molecule has 0 heterocycles. The fourth-order valence-corrected chi connectivity index (χ4v) is 0. The topological polar surface area (TPSA) is 69.2 Å². The molecule has 0 unspecified atom stereocenters. The summed E-state index contributed by atoms with van der Waals surface area (Å²) in [7, 11) is 2.25. The van der Waals surface area contributed by atoms with Gasteiger partial charge in [-0.15, -0.1) is 0 Å². The Hall–Kier alpha value is 0.503. The number of hydrogen-bond acceptors (Lipinski definition) is 3. The maximum absolute atomic E-state index is 8.25. The summed E-state index contributed by atoms with van der Waals surface area (Å²) in [6.45, 7) is 0. The zero-order valence-electron chi connectivity index (χ0n) is 4.56. The third-order valence-electron chi connectivity index (χ3n) is 0. The van der Waals surface area contributed by atoms with E-state index in [0.29, 0.717) is 0 Å². The van der Waals surface area contributed by atoms with E-state index in [-0.39, 0.29) is 19.5 Å². The Kier molecular flexibility index (Phi) is 2870. The second kappa shape index (κ2) is 777. The maximum Gasteiger partial charge on any atom is 3.00 e. The molecule has 0 aliphatic heterocycles. The van der Waals surface area contributed by atoms with Gasteiger partial charge in [-0.3, -0.25) is 0 Å². The van der Waals surface area contributed by atoms with Gasteiger partial charge in [0.05, 0.1) is 0 Å². The Morgan fingerprint density at radius 1 is 0.571 bits per heavy atom. The van der Waals surface area contributed by atoms with Crippen LogP contribution in [0.2, 0.25) is 0 Å². The van der Waals surface area contributed by atoms with Crippen molar-refractivity contribution in [1.29, 1.82) is 0 Å². The van der Waals surface area contributed by atoms with Crippen LogP contribution in [-0.4, -0.2) is 21.3 Å². The molecule has 0 rings (SSSR count). The average molecular weight is 196 g/mol. The molecule has 7 heavy (non-hydrogen) atoms. The van der Waals surface area contributed by atoms with Crippen molar-refractivity contribution in [3.8, 4) is 0 Å². The minimum Gasteiger partial charge on any atom is -0.857 e. The van der Waals surface area contributed by atoms with Gasteiger partial charge in [-0.05, 0) is 0 Å². The summed E-state index contributed by atoms with van der Waals surface area (Å²) >= 11 is 0. The largest absolute Gasteiger partial charge is 3.00 e. The molecule has 3 nitrogen and oxygen atoms in total. The van der Waals surface area contributed by atoms with Crippen LogP contribution >= 0.6 is 0 Å². The molecule has 0 aromatic heterocycles. The first kappa shape index (κ1) is 25.9. The van der Waals surface area contributed by atoms with Crippen LogP contribution in [0.15, 0.2) is 0 Å². The first-order valence-corrected chi connectivity index (χ1v) is 1.22. The maximum atomic E-state index is 8.25. The predicted molar refractivity (Wildman–Crippen MR) is 17.8 cm³/mol. The van der Waals surface area contributed by atoms with Crippen LogP contribution in [0.5, 0.6) is 0 Å². The molecule has 0 amide bonds. The zero-order valence-corrected chi connectivity index (χ0v) is 6.20. The molecule has 4 heteroatoms. The van der Waals surface area contributed by atoms with Gasteiger partial charge < -0.3 is 15.3 Å². The molecule has 48 valence electrons. The van der Waals surface area contributed by atoms with Crippen LogP contribution in [0.25, 0.3) is 0 Å². The van der Waals surface area contributed by atoms with Crippen LogP contribution in [0.1, 0.15) is 0 Å². The van der Waals surface area contributed by atoms with Crippen LogP contribution in [0.3, 0.4) is 0 Å². The van der Waals surface area contributed by atoms with Crippen molar-refractivity contribution >= 4 is 0 Å². The molecular weight excluding hydrogens is 187 g/mol. The molecule has 0 atom stereocenters. The third kappa shape index (κ3) is 521. The summed E-state index contributed by atoms with van der Waals surface area (Å²) in [6.07, 6.45) is 0. The van der Waals surface area contributed by atoms with Crippen molar-refractivity contribution < 1.29 is 34.8 Å². The van der Waals surface area contributed by atoms with E-state index in [1.54, 1.807) is 0 Å². The van der Waals surface area contributed by atoms with Gasteiger partial charge in [0.15, 0.2) is 0 Å². The van der Waals surface area contributed by atoms with Gasteiger partial charge in [0, 0.05) is 0 Å². The summed E-state index contributed by atoms with van der Waals surface area (Å²) in [4.78, 5) is 0. The zero-order chi connectivity index (χ0) is 6.00. The molecule has 0 aromatic carbocycles. The number of rotatable bonds is 0. The Morgan fingerprint density at radius 2 is 0.571 bits per heavy atom. The predicted octanol–water partition coefficient (Wildman–Crippen LogP) is -3.07. The van der Waals surface area contributed by atoms with Crippen LogP contribution in [0, 0.1) is 0 Å². The minimum absolute atomic E-state index is 0. The smallest absolute Gasteiger partial charge is 0.857 e. The quantitative estimate of drug-likeness (QED) is 0.386. The van der Waals surface area contributed by atoms with Gasteiger partial charge in [-0.1, -0.05) is 0 Å². The molecule has 0 saturated carbocycles. The van der Waals surface area contributed by atoms with Gasteiger partial charge in [-0.2, -0.15) is 21.3 Å². The molecule has 0 aromatic rings.